The number of benzene rings is 1. The summed E-state index contributed by atoms with van der Waals surface area (Å²) >= 11 is 0. The van der Waals surface area contributed by atoms with Crippen LogP contribution in [0.25, 0.3) is 0 Å². The smallest absolute Gasteiger partial charge is 0.123 e. The van der Waals surface area contributed by atoms with Gasteiger partial charge < -0.3 is 0 Å². The summed E-state index contributed by atoms with van der Waals surface area (Å²) in [7, 11) is 0. The first kappa shape index (κ1) is 14.5. The lowest BCUT2D eigenvalue weighted by molar-refractivity contribution is 0.347. The predicted octanol–water partition coefficient (Wildman–Crippen LogP) is 3.33. The molecule has 1 saturated carbocycles. The first-order chi connectivity index (χ1) is 9.13. The topological polar surface area (TPSA) is 38.0 Å². The van der Waals surface area contributed by atoms with Crippen molar-refractivity contribution in [3.05, 3.63) is 35.1 Å². The minimum absolute atomic E-state index is 0.158. The van der Waals surface area contributed by atoms with Crippen LogP contribution in [0.1, 0.15) is 43.7 Å². The molecule has 0 saturated heterocycles. The Balaban J connectivity index is 2.05. The van der Waals surface area contributed by atoms with Gasteiger partial charge in [0.1, 0.15) is 5.82 Å². The normalized spacial score (nSPS) is 24.6. The van der Waals surface area contributed by atoms with Gasteiger partial charge >= 0.3 is 0 Å². The van der Waals surface area contributed by atoms with Gasteiger partial charge in [0.25, 0.3) is 0 Å². The van der Waals surface area contributed by atoms with E-state index in [4.69, 9.17) is 5.84 Å². The Bertz CT molecular complexity index is 419. The summed E-state index contributed by atoms with van der Waals surface area (Å²) in [6.07, 6.45) is 5.87. The van der Waals surface area contributed by atoms with Gasteiger partial charge in [0.2, 0.25) is 0 Å². The van der Waals surface area contributed by atoms with Gasteiger partial charge in [-0.3, -0.25) is 11.3 Å². The molecular weight excluding hydrogens is 239 g/mol. The van der Waals surface area contributed by atoms with Crippen LogP contribution in [-0.4, -0.2) is 6.04 Å². The van der Waals surface area contributed by atoms with E-state index in [0.717, 1.165) is 23.5 Å². The van der Waals surface area contributed by atoms with Crippen molar-refractivity contribution in [2.24, 2.45) is 17.7 Å². The van der Waals surface area contributed by atoms with Crippen molar-refractivity contribution < 1.29 is 4.39 Å². The third-order valence-corrected chi connectivity index (χ3v) is 4.69. The van der Waals surface area contributed by atoms with Crippen LogP contribution in [0.2, 0.25) is 0 Å². The van der Waals surface area contributed by atoms with Gasteiger partial charge in [0, 0.05) is 6.04 Å². The molecule has 106 valence electrons. The Labute approximate surface area is 115 Å². The number of nitrogens with one attached hydrogen (secondary N) is 1. The van der Waals surface area contributed by atoms with E-state index >= 15 is 0 Å². The molecule has 3 heteroatoms. The predicted molar refractivity (Wildman–Crippen MR) is 77.1 cm³/mol. The summed E-state index contributed by atoms with van der Waals surface area (Å²) in [5.74, 6) is 7.04. The minimum Gasteiger partial charge on any atom is -0.271 e. The molecule has 1 aliphatic rings. The average Bonchev–Trinajstić information content (AvgIpc) is 2.88. The number of aryl methyl sites for hydroxylation is 1. The van der Waals surface area contributed by atoms with Gasteiger partial charge in [-0.25, -0.2) is 4.39 Å². The molecule has 0 radical (unpaired) electrons. The number of hydrazine groups is 1. The molecule has 19 heavy (non-hydrogen) atoms. The van der Waals surface area contributed by atoms with E-state index in [0.29, 0.717) is 5.92 Å². The minimum atomic E-state index is -0.158. The largest absolute Gasteiger partial charge is 0.271 e. The van der Waals surface area contributed by atoms with Gasteiger partial charge in [-0.1, -0.05) is 25.8 Å². The fourth-order valence-corrected chi connectivity index (χ4v) is 3.31. The van der Waals surface area contributed by atoms with Crippen LogP contribution in [0.4, 0.5) is 4.39 Å². The van der Waals surface area contributed by atoms with E-state index in [-0.39, 0.29) is 11.9 Å². The molecule has 1 aromatic rings. The molecule has 0 aliphatic heterocycles. The maximum atomic E-state index is 13.3. The van der Waals surface area contributed by atoms with Crippen LogP contribution >= 0.6 is 0 Å². The van der Waals surface area contributed by atoms with Crippen molar-refractivity contribution in [1.82, 2.24) is 5.43 Å². The molecule has 3 N–H and O–H groups in total. The first-order valence-corrected chi connectivity index (χ1v) is 7.35. The van der Waals surface area contributed by atoms with Crippen molar-refractivity contribution in [3.8, 4) is 0 Å². The molecule has 1 aliphatic carbocycles. The van der Waals surface area contributed by atoms with Crippen LogP contribution < -0.4 is 11.3 Å². The maximum Gasteiger partial charge on any atom is 0.123 e. The summed E-state index contributed by atoms with van der Waals surface area (Å²) in [6.45, 7) is 4.29. The second-order valence-electron chi connectivity index (χ2n) is 5.90. The Hall–Kier alpha value is -0.930. The molecule has 3 atom stereocenters. The van der Waals surface area contributed by atoms with Crippen molar-refractivity contribution in [3.63, 3.8) is 0 Å². The van der Waals surface area contributed by atoms with Gasteiger partial charge in [-0.05, 0) is 61.3 Å². The average molecular weight is 264 g/mol. The van der Waals surface area contributed by atoms with Crippen molar-refractivity contribution in [2.45, 2.75) is 52.0 Å². The number of hydrogen-bond donors (Lipinski definition) is 2. The second kappa shape index (κ2) is 6.49. The molecule has 0 bridgehead atoms. The van der Waals surface area contributed by atoms with Crippen LogP contribution in [0.15, 0.2) is 18.2 Å². The van der Waals surface area contributed by atoms with Crippen LogP contribution in [0.3, 0.4) is 0 Å². The van der Waals surface area contributed by atoms with E-state index in [1.165, 1.54) is 31.7 Å². The second-order valence-corrected chi connectivity index (χ2v) is 5.90. The zero-order chi connectivity index (χ0) is 13.8. The molecule has 2 nitrogen and oxygen atoms in total. The number of nitrogens with two attached hydrogens (primary N) is 1. The lowest BCUT2D eigenvalue weighted by Crippen LogP contribution is -2.42. The van der Waals surface area contributed by atoms with Crippen LogP contribution in [-0.2, 0) is 6.42 Å². The van der Waals surface area contributed by atoms with Gasteiger partial charge in [0.05, 0.1) is 0 Å². The van der Waals surface area contributed by atoms with E-state index < -0.39 is 0 Å². The molecule has 2 rings (SSSR count). The van der Waals surface area contributed by atoms with Crippen LogP contribution in [0.5, 0.6) is 0 Å². The van der Waals surface area contributed by atoms with Gasteiger partial charge in [-0.2, -0.15) is 0 Å². The maximum absolute atomic E-state index is 13.3. The highest BCUT2D eigenvalue weighted by Gasteiger charge is 2.29. The standard InChI is InChI=1S/C16H25FN2/c1-3-12-5-6-13(8-12)16(19-18)10-14-9-15(17)7-4-11(14)2/h4,7,9,12-13,16,19H,3,5-6,8,10,18H2,1-2H3. The quantitative estimate of drug-likeness (QED) is 0.632. The lowest BCUT2D eigenvalue weighted by Gasteiger charge is -2.24. The highest BCUT2D eigenvalue weighted by molar-refractivity contribution is 5.27. The van der Waals surface area contributed by atoms with Crippen molar-refractivity contribution in [1.29, 1.82) is 0 Å². The third kappa shape index (κ3) is 3.54. The van der Waals surface area contributed by atoms with Gasteiger partial charge in [-0.15, -0.1) is 0 Å². The lowest BCUT2D eigenvalue weighted by atomic mass is 9.90. The zero-order valence-electron chi connectivity index (χ0n) is 12.0. The fraction of sp³-hybridized carbons (Fsp3) is 0.625. The molecule has 1 fully saturated rings. The summed E-state index contributed by atoms with van der Waals surface area (Å²) in [4.78, 5) is 0. The SMILES string of the molecule is CCC1CCC(C(Cc2cc(F)ccc2C)NN)C1. The van der Waals surface area contributed by atoms with E-state index in [9.17, 15) is 4.39 Å². The Morgan fingerprint density at radius 1 is 1.42 bits per heavy atom. The summed E-state index contributed by atoms with van der Waals surface area (Å²) in [5, 5.41) is 0. The molecule has 0 heterocycles. The first-order valence-electron chi connectivity index (χ1n) is 7.35. The highest BCUT2D eigenvalue weighted by Crippen LogP contribution is 2.35. The van der Waals surface area contributed by atoms with Crippen molar-refractivity contribution >= 4 is 0 Å². The van der Waals surface area contributed by atoms with E-state index in [1.54, 1.807) is 6.07 Å². The molecule has 0 spiro atoms. The molecule has 1 aromatic carbocycles. The Morgan fingerprint density at radius 3 is 2.84 bits per heavy atom. The monoisotopic (exact) mass is 264 g/mol. The fourth-order valence-electron chi connectivity index (χ4n) is 3.31. The Kier molecular flexibility index (Phi) is 4.94. The van der Waals surface area contributed by atoms with Crippen molar-refractivity contribution in [2.75, 3.05) is 0 Å². The summed E-state index contributed by atoms with van der Waals surface area (Å²) in [5.41, 5.74) is 5.18. The number of rotatable bonds is 5. The summed E-state index contributed by atoms with van der Waals surface area (Å²) in [6, 6.07) is 5.28. The zero-order valence-corrected chi connectivity index (χ0v) is 12.0. The van der Waals surface area contributed by atoms with E-state index in [1.807, 2.05) is 13.0 Å². The molecular formula is C16H25FN2. The van der Waals surface area contributed by atoms with Gasteiger partial charge in [0.15, 0.2) is 0 Å². The molecule has 0 amide bonds. The summed E-state index contributed by atoms with van der Waals surface area (Å²) < 4.78 is 13.3. The third-order valence-electron chi connectivity index (χ3n) is 4.69. The molecule has 0 aromatic heterocycles. The number of halogens is 1. The van der Waals surface area contributed by atoms with Crippen LogP contribution in [0, 0.1) is 24.6 Å². The molecule has 3 unspecified atom stereocenters. The van der Waals surface area contributed by atoms with E-state index in [2.05, 4.69) is 12.3 Å². The number of hydrogen-bond acceptors (Lipinski definition) is 2. The Morgan fingerprint density at radius 2 is 2.21 bits per heavy atom. The highest BCUT2D eigenvalue weighted by atomic mass is 19.1.